The van der Waals surface area contributed by atoms with Crippen molar-refractivity contribution in [2.24, 2.45) is 5.92 Å². The van der Waals surface area contributed by atoms with Crippen LogP contribution in [0.25, 0.3) is 0 Å². The molecule has 0 radical (unpaired) electrons. The molecule has 0 saturated carbocycles. The molecule has 16 heavy (non-hydrogen) atoms. The molecular weight excluding hydrogens is 206 g/mol. The normalized spacial score (nSPS) is 27.8. The summed E-state index contributed by atoms with van der Waals surface area (Å²) in [5.74, 6) is 0.325. The zero-order valence-electron chi connectivity index (χ0n) is 10.7. The van der Waals surface area contributed by atoms with Crippen molar-refractivity contribution in [1.29, 1.82) is 0 Å². The van der Waals surface area contributed by atoms with Gasteiger partial charge in [-0.15, -0.1) is 0 Å². The first-order chi connectivity index (χ1) is 7.54. The summed E-state index contributed by atoms with van der Waals surface area (Å²) < 4.78 is 10.4. The molecule has 4 nitrogen and oxygen atoms in total. The van der Waals surface area contributed by atoms with Crippen molar-refractivity contribution in [3.05, 3.63) is 0 Å². The van der Waals surface area contributed by atoms with Crippen LogP contribution in [-0.2, 0) is 14.3 Å². The number of nitrogens with one attached hydrogen (secondary N) is 1. The van der Waals surface area contributed by atoms with Crippen molar-refractivity contribution in [2.45, 2.75) is 51.8 Å². The average molecular weight is 229 g/mol. The number of carbonyl (C=O) groups excluding carboxylic acids is 1. The molecule has 0 spiro atoms. The standard InChI is InChI=1S/C12H23NO3/c1-8(2)11-7-10(5-6-16-11)13-9(3)12(14)15-4/h8-11,13H,5-7H2,1-4H3. The molecule has 1 rings (SSSR count). The topological polar surface area (TPSA) is 47.6 Å². The third-order valence-corrected chi connectivity index (χ3v) is 3.10. The number of hydrogen-bond donors (Lipinski definition) is 1. The Morgan fingerprint density at radius 3 is 2.69 bits per heavy atom. The van der Waals surface area contributed by atoms with Gasteiger partial charge in [-0.1, -0.05) is 13.8 Å². The highest BCUT2D eigenvalue weighted by molar-refractivity contribution is 5.75. The molecule has 0 aromatic carbocycles. The number of ether oxygens (including phenoxy) is 2. The molecule has 0 aromatic rings. The lowest BCUT2D eigenvalue weighted by Crippen LogP contribution is -2.47. The highest BCUT2D eigenvalue weighted by Crippen LogP contribution is 2.20. The monoisotopic (exact) mass is 229 g/mol. The summed E-state index contributed by atoms with van der Waals surface area (Å²) in [5.41, 5.74) is 0. The predicted octanol–water partition coefficient (Wildman–Crippen LogP) is 1.34. The highest BCUT2D eigenvalue weighted by Gasteiger charge is 2.27. The SMILES string of the molecule is COC(=O)C(C)NC1CCOC(C(C)C)C1. The van der Waals surface area contributed by atoms with Gasteiger partial charge in [0, 0.05) is 12.6 Å². The van der Waals surface area contributed by atoms with Crippen molar-refractivity contribution >= 4 is 5.97 Å². The second-order valence-electron chi connectivity index (χ2n) is 4.79. The molecule has 0 bridgehead atoms. The molecule has 3 atom stereocenters. The van der Waals surface area contributed by atoms with Crippen LogP contribution in [0.3, 0.4) is 0 Å². The number of esters is 1. The summed E-state index contributed by atoms with van der Waals surface area (Å²) in [6, 6.07) is 0.121. The van der Waals surface area contributed by atoms with E-state index in [1.54, 1.807) is 0 Å². The van der Waals surface area contributed by atoms with E-state index >= 15 is 0 Å². The van der Waals surface area contributed by atoms with Gasteiger partial charge in [0.1, 0.15) is 6.04 Å². The van der Waals surface area contributed by atoms with Crippen LogP contribution in [0.2, 0.25) is 0 Å². The molecule has 3 unspecified atom stereocenters. The fraction of sp³-hybridized carbons (Fsp3) is 0.917. The maximum Gasteiger partial charge on any atom is 0.322 e. The zero-order valence-corrected chi connectivity index (χ0v) is 10.7. The van der Waals surface area contributed by atoms with Crippen LogP contribution in [0, 0.1) is 5.92 Å². The van der Waals surface area contributed by atoms with Crippen LogP contribution in [0.5, 0.6) is 0 Å². The average Bonchev–Trinajstić information content (AvgIpc) is 2.28. The van der Waals surface area contributed by atoms with Gasteiger partial charge in [0.2, 0.25) is 0 Å². The molecule has 1 N–H and O–H groups in total. The Kier molecular flexibility index (Phi) is 5.22. The molecule has 0 aromatic heterocycles. The van der Waals surface area contributed by atoms with Crippen LogP contribution < -0.4 is 5.32 Å². The second-order valence-corrected chi connectivity index (χ2v) is 4.79. The van der Waals surface area contributed by atoms with E-state index < -0.39 is 0 Å². The van der Waals surface area contributed by atoms with Crippen molar-refractivity contribution in [1.82, 2.24) is 5.32 Å². The van der Waals surface area contributed by atoms with Gasteiger partial charge in [-0.25, -0.2) is 0 Å². The van der Waals surface area contributed by atoms with Gasteiger partial charge >= 0.3 is 5.97 Å². The molecule has 1 aliphatic rings. The fourth-order valence-electron chi connectivity index (χ4n) is 2.04. The van der Waals surface area contributed by atoms with E-state index in [9.17, 15) is 4.79 Å². The molecule has 1 saturated heterocycles. The highest BCUT2D eigenvalue weighted by atomic mass is 16.5. The van der Waals surface area contributed by atoms with Crippen LogP contribution >= 0.6 is 0 Å². The lowest BCUT2D eigenvalue weighted by molar-refractivity contribution is -0.143. The van der Waals surface area contributed by atoms with Gasteiger partial charge in [-0.2, -0.15) is 0 Å². The Morgan fingerprint density at radius 1 is 1.44 bits per heavy atom. The molecule has 1 fully saturated rings. The lowest BCUT2D eigenvalue weighted by Gasteiger charge is -2.33. The van der Waals surface area contributed by atoms with Gasteiger partial charge in [-0.05, 0) is 25.7 Å². The van der Waals surface area contributed by atoms with Crippen molar-refractivity contribution in [3.63, 3.8) is 0 Å². The Bertz CT molecular complexity index is 230. The third-order valence-electron chi connectivity index (χ3n) is 3.10. The van der Waals surface area contributed by atoms with Crippen LogP contribution in [0.4, 0.5) is 0 Å². The van der Waals surface area contributed by atoms with Gasteiger partial charge in [0.15, 0.2) is 0 Å². The lowest BCUT2D eigenvalue weighted by atomic mass is 9.95. The number of methoxy groups -OCH3 is 1. The summed E-state index contributed by atoms with van der Waals surface area (Å²) in [6.45, 7) is 6.94. The van der Waals surface area contributed by atoms with E-state index in [-0.39, 0.29) is 12.0 Å². The fourth-order valence-corrected chi connectivity index (χ4v) is 2.04. The molecule has 0 aliphatic carbocycles. The quantitative estimate of drug-likeness (QED) is 0.739. The molecular formula is C12H23NO3. The number of hydrogen-bond acceptors (Lipinski definition) is 4. The first kappa shape index (κ1) is 13.5. The van der Waals surface area contributed by atoms with Gasteiger partial charge < -0.3 is 14.8 Å². The minimum Gasteiger partial charge on any atom is -0.468 e. The summed E-state index contributed by atoms with van der Waals surface area (Å²) in [7, 11) is 1.42. The van der Waals surface area contributed by atoms with E-state index in [1.165, 1.54) is 7.11 Å². The Balaban J connectivity index is 2.39. The molecule has 1 aliphatic heterocycles. The van der Waals surface area contributed by atoms with E-state index in [0.717, 1.165) is 19.4 Å². The summed E-state index contributed by atoms with van der Waals surface area (Å²) in [4.78, 5) is 11.3. The van der Waals surface area contributed by atoms with Crippen LogP contribution in [0.1, 0.15) is 33.6 Å². The summed E-state index contributed by atoms with van der Waals surface area (Å²) in [6.07, 6.45) is 2.24. The van der Waals surface area contributed by atoms with Crippen molar-refractivity contribution in [3.8, 4) is 0 Å². The first-order valence-electron chi connectivity index (χ1n) is 6.00. The Hall–Kier alpha value is -0.610. The molecule has 1 heterocycles. The smallest absolute Gasteiger partial charge is 0.322 e. The number of rotatable bonds is 4. The van der Waals surface area contributed by atoms with E-state index in [1.807, 2.05) is 6.92 Å². The molecule has 94 valence electrons. The van der Waals surface area contributed by atoms with E-state index in [0.29, 0.717) is 18.1 Å². The predicted molar refractivity (Wildman–Crippen MR) is 62.2 cm³/mol. The number of carbonyl (C=O) groups is 1. The third kappa shape index (κ3) is 3.76. The Morgan fingerprint density at radius 2 is 2.12 bits per heavy atom. The van der Waals surface area contributed by atoms with Crippen LogP contribution in [-0.4, -0.2) is 37.9 Å². The Labute approximate surface area is 97.7 Å². The van der Waals surface area contributed by atoms with Crippen LogP contribution in [0.15, 0.2) is 0 Å². The second kappa shape index (κ2) is 6.21. The maximum absolute atomic E-state index is 11.3. The minimum absolute atomic E-state index is 0.201. The van der Waals surface area contributed by atoms with E-state index in [2.05, 4.69) is 19.2 Å². The van der Waals surface area contributed by atoms with E-state index in [4.69, 9.17) is 9.47 Å². The van der Waals surface area contributed by atoms with Crippen molar-refractivity contribution in [2.75, 3.05) is 13.7 Å². The molecule has 4 heteroatoms. The molecule has 0 amide bonds. The summed E-state index contributed by atoms with van der Waals surface area (Å²) in [5, 5.41) is 3.30. The zero-order chi connectivity index (χ0) is 12.1. The minimum atomic E-state index is -0.235. The van der Waals surface area contributed by atoms with Gasteiger partial charge in [-0.3, -0.25) is 4.79 Å². The largest absolute Gasteiger partial charge is 0.468 e. The maximum atomic E-state index is 11.3. The van der Waals surface area contributed by atoms with Gasteiger partial charge in [0.25, 0.3) is 0 Å². The van der Waals surface area contributed by atoms with Crippen molar-refractivity contribution < 1.29 is 14.3 Å². The first-order valence-corrected chi connectivity index (χ1v) is 6.00. The summed E-state index contributed by atoms with van der Waals surface area (Å²) >= 11 is 0. The van der Waals surface area contributed by atoms with Gasteiger partial charge in [0.05, 0.1) is 13.2 Å².